The van der Waals surface area contributed by atoms with E-state index in [9.17, 15) is 9.59 Å². The number of benzene rings is 2. The molecule has 2 heterocycles. The van der Waals surface area contributed by atoms with E-state index >= 15 is 0 Å². The van der Waals surface area contributed by atoms with E-state index in [1.54, 1.807) is 13.2 Å². The number of amides is 1. The van der Waals surface area contributed by atoms with Gasteiger partial charge in [0.15, 0.2) is 0 Å². The molecule has 1 amide bonds. The third-order valence-electron chi connectivity index (χ3n) is 4.92. The number of methoxy groups -OCH3 is 1. The van der Waals surface area contributed by atoms with Gasteiger partial charge in [0.2, 0.25) is 5.91 Å². The van der Waals surface area contributed by atoms with Crippen molar-refractivity contribution in [2.24, 2.45) is 0 Å². The van der Waals surface area contributed by atoms with Crippen molar-refractivity contribution in [3.8, 4) is 17.0 Å². The predicted octanol–water partition coefficient (Wildman–Crippen LogP) is 3.21. The summed E-state index contributed by atoms with van der Waals surface area (Å²) in [6, 6.07) is 16.5. The first-order valence-corrected chi connectivity index (χ1v) is 10.4. The highest BCUT2D eigenvalue weighted by Gasteiger charge is 2.14. The summed E-state index contributed by atoms with van der Waals surface area (Å²) in [5.74, 6) is 0.435. The van der Waals surface area contributed by atoms with Gasteiger partial charge in [-0.3, -0.25) is 9.59 Å². The molecule has 0 aliphatic carbocycles. The van der Waals surface area contributed by atoms with E-state index in [4.69, 9.17) is 4.74 Å². The molecule has 2 aromatic carbocycles. The topological polar surface area (TPSA) is 90.5 Å². The normalized spacial score (nSPS) is 12.0. The van der Waals surface area contributed by atoms with E-state index in [1.165, 1.54) is 10.8 Å². The second-order valence-electron chi connectivity index (χ2n) is 7.02. The fourth-order valence-electron chi connectivity index (χ4n) is 3.21. The maximum atomic E-state index is 12.8. The molecule has 31 heavy (non-hydrogen) atoms. The van der Waals surface area contributed by atoms with E-state index in [2.05, 4.69) is 31.4 Å². The van der Waals surface area contributed by atoms with Gasteiger partial charge in [0.05, 0.1) is 18.8 Å². The van der Waals surface area contributed by atoms with E-state index in [-0.39, 0.29) is 24.1 Å². The SMILES string of the molecule is COc1ccc(C(C)NC(=O)Cn2ncn3nc(-c4ccc(Br)cc4)cc3c2=O)cc1. The smallest absolute Gasteiger partial charge is 0.293 e. The molecule has 4 aromatic rings. The van der Waals surface area contributed by atoms with Crippen molar-refractivity contribution in [3.63, 3.8) is 0 Å². The Balaban J connectivity index is 1.51. The number of nitrogens with zero attached hydrogens (tertiary/aromatic N) is 4. The quantitative estimate of drug-likeness (QED) is 0.456. The van der Waals surface area contributed by atoms with Crippen LogP contribution in [0.25, 0.3) is 16.8 Å². The molecule has 0 fully saturated rings. The van der Waals surface area contributed by atoms with Gasteiger partial charge in [-0.05, 0) is 42.8 Å². The molecule has 0 spiro atoms. The number of fused-ring (bicyclic) bond motifs is 1. The molecule has 158 valence electrons. The predicted molar refractivity (Wildman–Crippen MR) is 120 cm³/mol. The summed E-state index contributed by atoms with van der Waals surface area (Å²) in [5.41, 5.74) is 2.43. The number of nitrogens with one attached hydrogen (secondary N) is 1. The Hall–Kier alpha value is -3.46. The standard InChI is InChI=1S/C22H20BrN5O3/c1-14(15-5-9-18(31-2)10-6-15)25-21(29)12-27-22(30)20-11-19(26-28(20)13-24-27)16-3-7-17(23)8-4-16/h3-11,13-14H,12H2,1-2H3,(H,25,29). The molecule has 0 bridgehead atoms. The van der Waals surface area contributed by atoms with Crippen molar-refractivity contribution in [2.45, 2.75) is 19.5 Å². The molecule has 2 aromatic heterocycles. The second kappa shape index (κ2) is 8.73. The monoisotopic (exact) mass is 481 g/mol. The van der Waals surface area contributed by atoms with Crippen LogP contribution in [0.2, 0.25) is 0 Å². The number of aromatic nitrogens is 4. The number of carbonyl (C=O) groups excluding carboxylic acids is 1. The van der Waals surface area contributed by atoms with Crippen molar-refractivity contribution in [3.05, 3.63) is 81.3 Å². The Bertz CT molecular complexity index is 1280. The van der Waals surface area contributed by atoms with Crippen LogP contribution in [-0.4, -0.2) is 32.4 Å². The zero-order valence-corrected chi connectivity index (χ0v) is 18.5. The molecule has 0 saturated heterocycles. The number of carbonyl (C=O) groups is 1. The fourth-order valence-corrected chi connectivity index (χ4v) is 3.48. The lowest BCUT2D eigenvalue weighted by Crippen LogP contribution is -2.35. The van der Waals surface area contributed by atoms with Crippen molar-refractivity contribution in [2.75, 3.05) is 7.11 Å². The van der Waals surface area contributed by atoms with Gasteiger partial charge in [-0.15, -0.1) is 0 Å². The Kier molecular flexibility index (Phi) is 5.85. The first-order valence-electron chi connectivity index (χ1n) is 9.59. The first-order chi connectivity index (χ1) is 14.9. The third kappa shape index (κ3) is 4.51. The highest BCUT2D eigenvalue weighted by Crippen LogP contribution is 2.21. The Labute approximate surface area is 186 Å². The van der Waals surface area contributed by atoms with Gasteiger partial charge >= 0.3 is 0 Å². The molecule has 0 aliphatic heterocycles. The molecular formula is C22H20BrN5O3. The van der Waals surface area contributed by atoms with E-state index in [1.807, 2.05) is 55.5 Å². The fraction of sp³-hybridized carbons (Fsp3) is 0.182. The van der Waals surface area contributed by atoms with Crippen molar-refractivity contribution in [1.29, 1.82) is 0 Å². The molecule has 1 unspecified atom stereocenters. The average Bonchev–Trinajstić information content (AvgIpc) is 3.21. The first kappa shape index (κ1) is 20.8. The molecule has 8 nitrogen and oxygen atoms in total. The Morgan fingerprint density at radius 3 is 2.55 bits per heavy atom. The largest absolute Gasteiger partial charge is 0.497 e. The van der Waals surface area contributed by atoms with Crippen LogP contribution in [0.5, 0.6) is 5.75 Å². The van der Waals surface area contributed by atoms with Crippen LogP contribution in [0.4, 0.5) is 0 Å². The van der Waals surface area contributed by atoms with Crippen LogP contribution < -0.4 is 15.6 Å². The molecular weight excluding hydrogens is 462 g/mol. The van der Waals surface area contributed by atoms with Gasteiger partial charge in [0.25, 0.3) is 5.56 Å². The van der Waals surface area contributed by atoms with Crippen LogP contribution in [0, 0.1) is 0 Å². The van der Waals surface area contributed by atoms with Crippen LogP contribution >= 0.6 is 15.9 Å². The Morgan fingerprint density at radius 2 is 1.87 bits per heavy atom. The minimum Gasteiger partial charge on any atom is -0.497 e. The summed E-state index contributed by atoms with van der Waals surface area (Å²) in [6.07, 6.45) is 1.43. The number of hydrogen-bond donors (Lipinski definition) is 1. The van der Waals surface area contributed by atoms with Gasteiger partial charge in [0, 0.05) is 10.0 Å². The lowest BCUT2D eigenvalue weighted by Gasteiger charge is -2.15. The maximum Gasteiger partial charge on any atom is 0.293 e. The summed E-state index contributed by atoms with van der Waals surface area (Å²) >= 11 is 3.40. The van der Waals surface area contributed by atoms with Crippen LogP contribution in [0.1, 0.15) is 18.5 Å². The number of rotatable bonds is 6. The summed E-state index contributed by atoms with van der Waals surface area (Å²) in [5, 5.41) is 11.4. The zero-order valence-electron chi connectivity index (χ0n) is 16.9. The summed E-state index contributed by atoms with van der Waals surface area (Å²) in [6.45, 7) is 1.69. The van der Waals surface area contributed by atoms with Gasteiger partial charge < -0.3 is 10.1 Å². The lowest BCUT2D eigenvalue weighted by molar-refractivity contribution is -0.122. The van der Waals surface area contributed by atoms with E-state index in [0.717, 1.165) is 26.0 Å². The molecule has 1 atom stereocenters. The summed E-state index contributed by atoms with van der Waals surface area (Å²) in [4.78, 5) is 25.3. The van der Waals surface area contributed by atoms with Gasteiger partial charge in [0.1, 0.15) is 24.1 Å². The third-order valence-corrected chi connectivity index (χ3v) is 5.45. The summed E-state index contributed by atoms with van der Waals surface area (Å²) < 4.78 is 8.67. The number of halogens is 1. The highest BCUT2D eigenvalue weighted by atomic mass is 79.9. The van der Waals surface area contributed by atoms with Crippen molar-refractivity contribution < 1.29 is 9.53 Å². The Morgan fingerprint density at radius 1 is 1.16 bits per heavy atom. The molecule has 9 heteroatoms. The van der Waals surface area contributed by atoms with Crippen LogP contribution in [-0.2, 0) is 11.3 Å². The van der Waals surface area contributed by atoms with Gasteiger partial charge in [-0.2, -0.15) is 10.2 Å². The number of ether oxygens (including phenoxy) is 1. The molecule has 0 aliphatic rings. The minimum atomic E-state index is -0.384. The van der Waals surface area contributed by atoms with E-state index in [0.29, 0.717) is 11.2 Å². The van der Waals surface area contributed by atoms with Gasteiger partial charge in [-0.1, -0.05) is 40.2 Å². The van der Waals surface area contributed by atoms with Gasteiger partial charge in [-0.25, -0.2) is 9.20 Å². The maximum absolute atomic E-state index is 12.8. The molecule has 0 radical (unpaired) electrons. The second-order valence-corrected chi connectivity index (χ2v) is 7.94. The average molecular weight is 482 g/mol. The lowest BCUT2D eigenvalue weighted by atomic mass is 10.1. The molecule has 0 saturated carbocycles. The molecule has 1 N–H and O–H groups in total. The minimum absolute atomic E-state index is 0.186. The zero-order chi connectivity index (χ0) is 22.0. The summed E-state index contributed by atoms with van der Waals surface area (Å²) in [7, 11) is 1.60. The molecule has 4 rings (SSSR count). The van der Waals surface area contributed by atoms with Crippen LogP contribution in [0.15, 0.2) is 70.2 Å². The van der Waals surface area contributed by atoms with Crippen LogP contribution in [0.3, 0.4) is 0 Å². The highest BCUT2D eigenvalue weighted by molar-refractivity contribution is 9.10. The van der Waals surface area contributed by atoms with Crippen molar-refractivity contribution >= 4 is 27.4 Å². The van der Waals surface area contributed by atoms with E-state index < -0.39 is 0 Å². The number of hydrogen-bond acceptors (Lipinski definition) is 5. The van der Waals surface area contributed by atoms with Crippen molar-refractivity contribution in [1.82, 2.24) is 24.7 Å².